The average Bonchev–Trinajstić information content (AvgIpc) is 3.36. The number of ether oxygens (including phenoxy) is 2. The summed E-state index contributed by atoms with van der Waals surface area (Å²) in [4.78, 5) is 0.309. The minimum absolute atomic E-state index is 0.309. The molecule has 0 amide bonds. The van der Waals surface area contributed by atoms with Crippen LogP contribution in [-0.2, 0) is 10.0 Å². The maximum absolute atomic E-state index is 13.1. The van der Waals surface area contributed by atoms with Gasteiger partial charge in [0.2, 0.25) is 10.0 Å². The van der Waals surface area contributed by atoms with E-state index in [2.05, 4.69) is 15.5 Å². The summed E-state index contributed by atoms with van der Waals surface area (Å²) in [5.74, 6) is 1.52. The molecule has 1 aliphatic rings. The molecular formula is C23H25ClN4O4S. The Morgan fingerprint density at radius 2 is 1.70 bits per heavy atom. The Labute approximate surface area is 198 Å². The molecule has 2 heterocycles. The molecular weight excluding hydrogens is 464 g/mol. The zero-order valence-electron chi connectivity index (χ0n) is 18.6. The molecule has 1 aromatic heterocycles. The van der Waals surface area contributed by atoms with Crippen LogP contribution in [0.2, 0.25) is 5.02 Å². The summed E-state index contributed by atoms with van der Waals surface area (Å²) in [6.45, 7) is 2.93. The van der Waals surface area contributed by atoms with Gasteiger partial charge in [0, 0.05) is 24.7 Å². The first-order valence-electron chi connectivity index (χ1n) is 10.5. The molecule has 0 atom stereocenters. The number of benzene rings is 2. The lowest BCUT2D eigenvalue weighted by Gasteiger charge is -2.18. The van der Waals surface area contributed by atoms with Crippen molar-refractivity contribution in [2.24, 2.45) is 0 Å². The molecule has 1 fully saturated rings. The van der Waals surface area contributed by atoms with Crippen LogP contribution in [0.5, 0.6) is 11.5 Å². The molecule has 33 heavy (non-hydrogen) atoms. The molecule has 174 valence electrons. The van der Waals surface area contributed by atoms with Gasteiger partial charge < -0.3 is 14.8 Å². The van der Waals surface area contributed by atoms with Gasteiger partial charge in [-0.1, -0.05) is 23.7 Å². The van der Waals surface area contributed by atoms with Gasteiger partial charge in [-0.2, -0.15) is 4.31 Å². The Morgan fingerprint density at radius 3 is 2.33 bits per heavy atom. The zero-order chi connectivity index (χ0) is 23.6. The molecule has 0 spiro atoms. The molecule has 8 nitrogen and oxygen atoms in total. The van der Waals surface area contributed by atoms with Crippen LogP contribution in [0.15, 0.2) is 47.4 Å². The highest BCUT2D eigenvalue weighted by molar-refractivity contribution is 7.89. The first-order valence-corrected chi connectivity index (χ1v) is 12.3. The van der Waals surface area contributed by atoms with Gasteiger partial charge in [-0.25, -0.2) is 8.42 Å². The fourth-order valence-corrected chi connectivity index (χ4v) is 5.76. The summed E-state index contributed by atoms with van der Waals surface area (Å²) in [6.07, 6.45) is 1.78. The maximum Gasteiger partial charge on any atom is 0.243 e. The van der Waals surface area contributed by atoms with Gasteiger partial charge in [0.15, 0.2) is 5.82 Å². The average molecular weight is 489 g/mol. The van der Waals surface area contributed by atoms with Gasteiger partial charge in [-0.15, -0.1) is 10.2 Å². The highest BCUT2D eigenvalue weighted by Gasteiger charge is 2.28. The van der Waals surface area contributed by atoms with Crippen LogP contribution in [0.25, 0.3) is 11.3 Å². The van der Waals surface area contributed by atoms with Gasteiger partial charge >= 0.3 is 0 Å². The van der Waals surface area contributed by atoms with Gasteiger partial charge in [-0.05, 0) is 49.6 Å². The highest BCUT2D eigenvalue weighted by atomic mass is 35.5. The van der Waals surface area contributed by atoms with Crippen molar-refractivity contribution < 1.29 is 17.9 Å². The predicted molar refractivity (Wildman–Crippen MR) is 128 cm³/mol. The topological polar surface area (TPSA) is 93.6 Å². The number of sulfonamides is 1. The van der Waals surface area contributed by atoms with E-state index in [1.54, 1.807) is 54.7 Å². The first kappa shape index (κ1) is 23.3. The Balaban J connectivity index is 1.60. The molecule has 0 unspecified atom stereocenters. The fraction of sp³-hybridized carbons (Fsp3) is 0.304. The van der Waals surface area contributed by atoms with E-state index >= 15 is 0 Å². The molecule has 0 bridgehead atoms. The normalized spacial score (nSPS) is 14.3. The van der Waals surface area contributed by atoms with E-state index in [1.807, 2.05) is 6.07 Å². The van der Waals surface area contributed by atoms with Crippen LogP contribution in [0, 0.1) is 6.92 Å². The van der Waals surface area contributed by atoms with Crippen LogP contribution >= 0.6 is 11.6 Å². The first-order chi connectivity index (χ1) is 15.8. The van der Waals surface area contributed by atoms with Crippen molar-refractivity contribution in [2.75, 3.05) is 32.6 Å². The summed E-state index contributed by atoms with van der Waals surface area (Å²) in [5.41, 5.74) is 2.57. The second kappa shape index (κ2) is 9.54. The second-order valence-corrected chi connectivity index (χ2v) is 10.0. The van der Waals surface area contributed by atoms with Gasteiger partial charge in [0.25, 0.3) is 0 Å². The summed E-state index contributed by atoms with van der Waals surface area (Å²) in [6, 6.07) is 12.2. The number of hydrogen-bond donors (Lipinski definition) is 1. The van der Waals surface area contributed by atoms with E-state index in [1.165, 1.54) is 7.11 Å². The van der Waals surface area contributed by atoms with Crippen molar-refractivity contribution in [3.05, 3.63) is 53.1 Å². The lowest BCUT2D eigenvalue weighted by molar-refractivity contribution is 0.396. The lowest BCUT2D eigenvalue weighted by atomic mass is 10.1. The Morgan fingerprint density at radius 1 is 0.970 bits per heavy atom. The van der Waals surface area contributed by atoms with Crippen LogP contribution in [0.3, 0.4) is 0 Å². The lowest BCUT2D eigenvalue weighted by Crippen LogP contribution is -2.28. The van der Waals surface area contributed by atoms with E-state index in [9.17, 15) is 8.42 Å². The number of halogens is 1. The minimum Gasteiger partial charge on any atom is -0.495 e. The van der Waals surface area contributed by atoms with Gasteiger partial charge in [0.05, 0.1) is 35.5 Å². The Kier molecular flexibility index (Phi) is 6.73. The summed E-state index contributed by atoms with van der Waals surface area (Å²) >= 11 is 6.23. The summed E-state index contributed by atoms with van der Waals surface area (Å²) < 4.78 is 38.3. The third-order valence-corrected chi connectivity index (χ3v) is 7.90. The number of methoxy groups -OCH3 is 2. The molecule has 3 aromatic rings. The number of nitrogens with zero attached hydrogens (tertiary/aromatic N) is 3. The Hall–Kier alpha value is -2.88. The van der Waals surface area contributed by atoms with Crippen molar-refractivity contribution in [2.45, 2.75) is 24.7 Å². The maximum atomic E-state index is 13.1. The third-order valence-electron chi connectivity index (χ3n) is 5.57. The molecule has 1 saturated heterocycles. The SMILES string of the molecule is COc1cc(OC)c(Nc2ccc(-c3ccc(C)c(S(=O)(=O)N4CCCC4)c3)nn2)cc1Cl. The molecule has 0 radical (unpaired) electrons. The van der Waals surface area contributed by atoms with Crippen LogP contribution in [0.1, 0.15) is 18.4 Å². The molecule has 0 aliphatic carbocycles. The van der Waals surface area contributed by atoms with E-state index in [4.69, 9.17) is 21.1 Å². The molecule has 2 aromatic carbocycles. The molecule has 1 aliphatic heterocycles. The van der Waals surface area contributed by atoms with Gasteiger partial charge in [-0.3, -0.25) is 0 Å². The molecule has 10 heteroatoms. The predicted octanol–water partition coefficient (Wildman–Crippen LogP) is 4.65. The van der Waals surface area contributed by atoms with E-state index in [0.717, 1.165) is 12.8 Å². The van der Waals surface area contributed by atoms with Crippen LogP contribution < -0.4 is 14.8 Å². The number of hydrogen-bond acceptors (Lipinski definition) is 7. The van der Waals surface area contributed by atoms with Crippen molar-refractivity contribution in [1.29, 1.82) is 0 Å². The highest BCUT2D eigenvalue weighted by Crippen LogP contribution is 2.37. The number of rotatable bonds is 7. The number of aryl methyl sites for hydroxylation is 1. The standard InChI is InChI=1S/C23H25ClN4O4S/c1-15-6-7-16(12-22(15)33(29,30)28-10-4-5-11-28)18-8-9-23(27-26-18)25-19-13-17(24)20(31-2)14-21(19)32-3/h6-9,12-14H,4-5,10-11H2,1-3H3,(H,25,27). The van der Waals surface area contributed by atoms with Crippen molar-refractivity contribution >= 4 is 33.1 Å². The quantitative estimate of drug-likeness (QED) is 0.517. The summed E-state index contributed by atoms with van der Waals surface area (Å²) in [7, 11) is -0.448. The molecule has 0 saturated carbocycles. The molecule has 1 N–H and O–H groups in total. The number of aromatic nitrogens is 2. The van der Waals surface area contributed by atoms with Gasteiger partial charge in [0.1, 0.15) is 11.5 Å². The monoisotopic (exact) mass is 488 g/mol. The largest absolute Gasteiger partial charge is 0.495 e. The van der Waals surface area contributed by atoms with Crippen LogP contribution in [0.4, 0.5) is 11.5 Å². The van der Waals surface area contributed by atoms with E-state index in [-0.39, 0.29) is 0 Å². The Bertz CT molecular complexity index is 1260. The smallest absolute Gasteiger partial charge is 0.243 e. The second-order valence-electron chi connectivity index (χ2n) is 7.71. The third kappa shape index (κ3) is 4.75. The van der Waals surface area contributed by atoms with Crippen LogP contribution in [-0.4, -0.2) is 50.2 Å². The van der Waals surface area contributed by atoms with Crippen molar-refractivity contribution in [3.8, 4) is 22.8 Å². The summed E-state index contributed by atoms with van der Waals surface area (Å²) in [5, 5.41) is 12.1. The van der Waals surface area contributed by atoms with Crippen molar-refractivity contribution in [3.63, 3.8) is 0 Å². The van der Waals surface area contributed by atoms with E-state index in [0.29, 0.717) is 62.8 Å². The fourth-order valence-electron chi connectivity index (χ4n) is 3.75. The van der Waals surface area contributed by atoms with E-state index < -0.39 is 10.0 Å². The zero-order valence-corrected chi connectivity index (χ0v) is 20.2. The number of anilines is 2. The molecule has 4 rings (SSSR count). The van der Waals surface area contributed by atoms with Crippen molar-refractivity contribution in [1.82, 2.24) is 14.5 Å². The minimum atomic E-state index is -3.53. The number of nitrogens with one attached hydrogen (secondary N) is 1.